The van der Waals surface area contributed by atoms with Gasteiger partial charge in [0, 0.05) is 22.1 Å². The Bertz CT molecular complexity index is 623. The van der Waals surface area contributed by atoms with E-state index < -0.39 is 18.8 Å². The molecule has 2 aromatic rings. The summed E-state index contributed by atoms with van der Waals surface area (Å²) < 4.78 is 31.9. The molecular formula is C13H10BClF2O3. The lowest BCUT2D eigenvalue weighted by Gasteiger charge is -2.11. The monoisotopic (exact) mass is 298 g/mol. The van der Waals surface area contributed by atoms with Crippen LogP contribution in [0.3, 0.4) is 0 Å². The van der Waals surface area contributed by atoms with Crippen LogP contribution in [0.25, 0.3) is 0 Å². The molecule has 0 aliphatic rings. The molecule has 0 bridgehead atoms. The Morgan fingerprint density at radius 1 is 1.10 bits per heavy atom. The molecule has 3 nitrogen and oxygen atoms in total. The largest absolute Gasteiger partial charge is 0.492 e. The van der Waals surface area contributed by atoms with Crippen molar-refractivity contribution in [2.45, 2.75) is 6.61 Å². The van der Waals surface area contributed by atoms with Gasteiger partial charge in [0.25, 0.3) is 0 Å². The van der Waals surface area contributed by atoms with Crippen LogP contribution in [-0.2, 0) is 6.61 Å². The average Bonchev–Trinajstić information content (AvgIpc) is 2.37. The van der Waals surface area contributed by atoms with Gasteiger partial charge in [-0.1, -0.05) is 23.7 Å². The fraction of sp³-hybridized carbons (Fsp3) is 0.0769. The van der Waals surface area contributed by atoms with Crippen molar-refractivity contribution < 1.29 is 23.6 Å². The van der Waals surface area contributed by atoms with Crippen molar-refractivity contribution in [2.24, 2.45) is 0 Å². The summed E-state index contributed by atoms with van der Waals surface area (Å²) in [5, 5.41) is 18.5. The maximum absolute atomic E-state index is 13.6. The van der Waals surface area contributed by atoms with E-state index >= 15 is 0 Å². The maximum atomic E-state index is 13.6. The highest BCUT2D eigenvalue weighted by Crippen LogP contribution is 2.17. The van der Waals surface area contributed by atoms with Gasteiger partial charge in [-0.2, -0.15) is 0 Å². The van der Waals surface area contributed by atoms with E-state index in [1.54, 1.807) is 0 Å². The molecule has 2 N–H and O–H groups in total. The zero-order valence-corrected chi connectivity index (χ0v) is 10.9. The lowest BCUT2D eigenvalue weighted by molar-refractivity contribution is 0.299. The Hall–Kier alpha value is -1.63. The summed E-state index contributed by atoms with van der Waals surface area (Å²) in [5.41, 5.74) is 0.220. The van der Waals surface area contributed by atoms with Crippen molar-refractivity contribution in [3.63, 3.8) is 0 Å². The second-order valence-corrected chi connectivity index (χ2v) is 4.52. The minimum Gasteiger partial charge on any atom is -0.489 e. The number of rotatable bonds is 4. The fourth-order valence-electron chi connectivity index (χ4n) is 1.64. The van der Waals surface area contributed by atoms with Crippen LogP contribution in [0.1, 0.15) is 5.56 Å². The first-order valence-corrected chi connectivity index (χ1v) is 6.07. The minimum absolute atomic E-state index is 0.000715. The quantitative estimate of drug-likeness (QED) is 0.847. The fourth-order valence-corrected chi connectivity index (χ4v) is 1.80. The number of hydrogen-bond donors (Lipinski definition) is 2. The number of halogens is 3. The summed E-state index contributed by atoms with van der Waals surface area (Å²) in [5.74, 6) is -1.21. The first-order valence-electron chi connectivity index (χ1n) is 5.69. The highest BCUT2D eigenvalue weighted by atomic mass is 35.5. The Morgan fingerprint density at radius 3 is 2.50 bits per heavy atom. The van der Waals surface area contributed by atoms with Gasteiger partial charge >= 0.3 is 7.12 Å². The molecule has 20 heavy (non-hydrogen) atoms. The van der Waals surface area contributed by atoms with E-state index in [2.05, 4.69) is 0 Å². The average molecular weight is 298 g/mol. The summed E-state index contributed by atoms with van der Waals surface area (Å²) in [4.78, 5) is 0. The molecule has 0 heterocycles. The van der Waals surface area contributed by atoms with Crippen molar-refractivity contribution in [1.29, 1.82) is 0 Å². The molecule has 0 radical (unpaired) electrons. The van der Waals surface area contributed by atoms with Gasteiger partial charge in [-0.3, -0.25) is 0 Å². The first kappa shape index (κ1) is 14.8. The maximum Gasteiger partial charge on any atom is 0.492 e. The van der Waals surface area contributed by atoms with Crippen molar-refractivity contribution in [3.05, 3.63) is 58.6 Å². The Morgan fingerprint density at radius 2 is 1.85 bits per heavy atom. The lowest BCUT2D eigenvalue weighted by Crippen LogP contribution is -2.31. The van der Waals surface area contributed by atoms with E-state index in [0.29, 0.717) is 0 Å². The molecule has 0 fully saturated rings. The van der Waals surface area contributed by atoms with Gasteiger partial charge < -0.3 is 14.8 Å². The second kappa shape index (κ2) is 6.22. The molecule has 0 saturated carbocycles. The molecule has 2 aromatic carbocycles. The van der Waals surface area contributed by atoms with Crippen LogP contribution in [0.2, 0.25) is 5.02 Å². The Labute approximate surface area is 119 Å². The SMILES string of the molecule is OB(O)c1ccc(F)cc1OCc1ccc(Cl)cc1F. The van der Waals surface area contributed by atoms with Crippen LogP contribution >= 0.6 is 11.6 Å². The van der Waals surface area contributed by atoms with Crippen LogP contribution < -0.4 is 10.2 Å². The van der Waals surface area contributed by atoms with Gasteiger partial charge in [0.15, 0.2) is 0 Å². The first-order chi connectivity index (χ1) is 9.47. The van der Waals surface area contributed by atoms with Gasteiger partial charge in [0.2, 0.25) is 0 Å². The van der Waals surface area contributed by atoms with E-state index in [1.807, 2.05) is 0 Å². The summed E-state index contributed by atoms with van der Waals surface area (Å²) in [6.07, 6.45) is 0. The molecule has 0 saturated heterocycles. The normalized spacial score (nSPS) is 10.4. The number of ether oxygens (including phenoxy) is 1. The van der Waals surface area contributed by atoms with E-state index in [1.165, 1.54) is 18.2 Å². The van der Waals surface area contributed by atoms with Crippen LogP contribution in [0.5, 0.6) is 5.75 Å². The van der Waals surface area contributed by atoms with Crippen molar-refractivity contribution >= 4 is 24.2 Å². The third-order valence-corrected chi connectivity index (χ3v) is 2.89. The van der Waals surface area contributed by atoms with E-state index in [0.717, 1.165) is 18.2 Å². The van der Waals surface area contributed by atoms with Gasteiger partial charge in [-0.05, 0) is 18.2 Å². The van der Waals surface area contributed by atoms with Crippen LogP contribution in [0.15, 0.2) is 36.4 Å². The van der Waals surface area contributed by atoms with E-state index in [-0.39, 0.29) is 28.4 Å². The minimum atomic E-state index is -1.80. The van der Waals surface area contributed by atoms with Gasteiger partial charge in [0.05, 0.1) is 0 Å². The number of benzene rings is 2. The predicted octanol–water partition coefficient (Wildman–Crippen LogP) is 1.88. The summed E-state index contributed by atoms with van der Waals surface area (Å²) in [6.45, 7) is -0.188. The van der Waals surface area contributed by atoms with Gasteiger partial charge in [-0.25, -0.2) is 8.78 Å². The molecule has 0 atom stereocenters. The molecule has 0 spiro atoms. The topological polar surface area (TPSA) is 49.7 Å². The van der Waals surface area contributed by atoms with Gasteiger partial charge in [0.1, 0.15) is 24.0 Å². The van der Waals surface area contributed by atoms with Gasteiger partial charge in [-0.15, -0.1) is 0 Å². The molecule has 0 amide bonds. The standard InChI is InChI=1S/C13H10BClF2O3/c15-9-2-1-8(12(17)5-9)7-20-13-6-10(16)3-4-11(13)14(18)19/h1-6,18-19H,7H2. The Balaban J connectivity index is 2.20. The van der Waals surface area contributed by atoms with Crippen LogP contribution in [-0.4, -0.2) is 17.2 Å². The molecular weight excluding hydrogens is 288 g/mol. The predicted molar refractivity (Wildman–Crippen MR) is 72.0 cm³/mol. The zero-order valence-electron chi connectivity index (χ0n) is 10.2. The molecule has 0 aliphatic heterocycles. The third-order valence-electron chi connectivity index (χ3n) is 2.65. The van der Waals surface area contributed by atoms with Crippen molar-refractivity contribution in [3.8, 4) is 5.75 Å². The molecule has 0 aliphatic carbocycles. The third kappa shape index (κ3) is 3.48. The smallest absolute Gasteiger partial charge is 0.489 e. The van der Waals surface area contributed by atoms with E-state index in [9.17, 15) is 8.78 Å². The molecule has 2 rings (SSSR count). The summed E-state index contributed by atoms with van der Waals surface area (Å²) in [6, 6.07) is 7.33. The molecule has 0 unspecified atom stereocenters. The molecule has 0 aromatic heterocycles. The van der Waals surface area contributed by atoms with Crippen LogP contribution in [0, 0.1) is 11.6 Å². The van der Waals surface area contributed by atoms with Crippen molar-refractivity contribution in [1.82, 2.24) is 0 Å². The Kier molecular flexibility index (Phi) is 4.59. The second-order valence-electron chi connectivity index (χ2n) is 4.08. The summed E-state index contributed by atoms with van der Waals surface area (Å²) in [7, 11) is -1.80. The van der Waals surface area contributed by atoms with Crippen LogP contribution in [0.4, 0.5) is 8.78 Å². The molecule has 104 valence electrons. The van der Waals surface area contributed by atoms with Crippen molar-refractivity contribution in [2.75, 3.05) is 0 Å². The highest BCUT2D eigenvalue weighted by molar-refractivity contribution is 6.59. The highest BCUT2D eigenvalue weighted by Gasteiger charge is 2.18. The lowest BCUT2D eigenvalue weighted by atomic mass is 9.79. The zero-order chi connectivity index (χ0) is 14.7. The molecule has 7 heteroatoms. The summed E-state index contributed by atoms with van der Waals surface area (Å²) >= 11 is 5.63. The number of hydrogen-bond acceptors (Lipinski definition) is 3. The van der Waals surface area contributed by atoms with E-state index in [4.69, 9.17) is 26.4 Å².